The summed E-state index contributed by atoms with van der Waals surface area (Å²) in [5, 5.41) is 9.15. The van der Waals surface area contributed by atoms with Gasteiger partial charge in [-0.05, 0) is 30.9 Å². The van der Waals surface area contributed by atoms with E-state index in [9.17, 15) is 4.79 Å². The molecule has 2 aliphatic rings. The van der Waals surface area contributed by atoms with Crippen LogP contribution in [0.4, 0.5) is 5.82 Å². The van der Waals surface area contributed by atoms with Crippen LogP contribution in [-0.4, -0.2) is 29.1 Å². The number of anilines is 1. The zero-order valence-electron chi connectivity index (χ0n) is 9.02. The number of pyridine rings is 1. The Hall–Kier alpha value is -1.58. The lowest BCUT2D eigenvalue weighted by Gasteiger charge is -2.32. The first-order valence-corrected chi connectivity index (χ1v) is 5.67. The fourth-order valence-electron chi connectivity index (χ4n) is 2.15. The zero-order valence-corrected chi connectivity index (χ0v) is 9.02. The van der Waals surface area contributed by atoms with Gasteiger partial charge >= 0.3 is 5.97 Å². The second-order valence-electron chi connectivity index (χ2n) is 4.63. The molecule has 1 saturated carbocycles. The lowest BCUT2D eigenvalue weighted by molar-refractivity contribution is -0.140. The molecular formula is C12H14N2O2. The third-order valence-electron chi connectivity index (χ3n) is 3.64. The maximum atomic E-state index is 11.1. The number of hydrogen-bond acceptors (Lipinski definition) is 3. The Morgan fingerprint density at radius 1 is 1.38 bits per heavy atom. The van der Waals surface area contributed by atoms with Crippen LogP contribution < -0.4 is 4.90 Å². The summed E-state index contributed by atoms with van der Waals surface area (Å²) in [7, 11) is 0. The highest BCUT2D eigenvalue weighted by Gasteiger charge is 2.51. The molecule has 84 valence electrons. The highest BCUT2D eigenvalue weighted by Crippen LogP contribution is 2.48. The molecule has 0 bridgehead atoms. The first kappa shape index (κ1) is 9.63. The van der Waals surface area contributed by atoms with Crippen molar-refractivity contribution in [3.05, 3.63) is 23.9 Å². The summed E-state index contributed by atoms with van der Waals surface area (Å²) in [5.41, 5.74) is 0.227. The molecule has 4 nitrogen and oxygen atoms in total. The molecule has 4 heteroatoms. The molecule has 0 aromatic carbocycles. The number of hydrogen-bond donors (Lipinski definition) is 1. The average molecular weight is 218 g/mol. The van der Waals surface area contributed by atoms with Crippen LogP contribution in [0.5, 0.6) is 0 Å². The summed E-state index contributed by atoms with van der Waals surface area (Å²) in [6.45, 7) is 2.13. The summed E-state index contributed by atoms with van der Waals surface area (Å²) in [6, 6.07) is 3.86. The summed E-state index contributed by atoms with van der Waals surface area (Å²) in [6.07, 6.45) is 4.44. The molecule has 1 saturated heterocycles. The van der Waals surface area contributed by atoms with E-state index in [2.05, 4.69) is 9.88 Å². The second kappa shape index (κ2) is 3.20. The van der Waals surface area contributed by atoms with Crippen LogP contribution in [0, 0.1) is 0 Å². The van der Waals surface area contributed by atoms with Crippen molar-refractivity contribution < 1.29 is 9.90 Å². The number of nitrogens with zero attached hydrogens (tertiary/aromatic N) is 2. The van der Waals surface area contributed by atoms with E-state index in [0.29, 0.717) is 0 Å². The van der Waals surface area contributed by atoms with Crippen molar-refractivity contribution in [1.29, 1.82) is 0 Å². The van der Waals surface area contributed by atoms with E-state index in [-0.39, 0.29) is 0 Å². The highest BCUT2D eigenvalue weighted by molar-refractivity contribution is 5.84. The summed E-state index contributed by atoms with van der Waals surface area (Å²) in [5.74, 6) is 0.252. The van der Waals surface area contributed by atoms with E-state index >= 15 is 0 Å². The molecule has 0 radical (unpaired) electrons. The van der Waals surface area contributed by atoms with Crippen molar-refractivity contribution in [3.63, 3.8) is 0 Å². The Morgan fingerprint density at radius 3 is 2.50 bits per heavy atom. The van der Waals surface area contributed by atoms with E-state index in [1.807, 2.05) is 12.1 Å². The van der Waals surface area contributed by atoms with E-state index in [0.717, 1.165) is 37.3 Å². The fraction of sp³-hybridized carbons (Fsp3) is 0.500. The SMILES string of the molecule is O=C(O)C1(c2ccc(N3CCC3)nc2)CC1. The van der Waals surface area contributed by atoms with E-state index in [1.165, 1.54) is 6.42 Å². The standard InChI is InChI=1S/C12H14N2O2/c15-11(16)12(4-5-12)9-2-3-10(13-8-9)14-6-1-7-14/h2-3,8H,1,4-7H2,(H,15,16). The predicted octanol–water partition coefficient (Wildman–Crippen LogP) is 1.41. The normalized spacial score (nSPS) is 21.4. The van der Waals surface area contributed by atoms with Crippen LogP contribution in [0.25, 0.3) is 0 Å². The lowest BCUT2D eigenvalue weighted by Crippen LogP contribution is -2.37. The second-order valence-corrected chi connectivity index (χ2v) is 4.63. The van der Waals surface area contributed by atoms with Gasteiger partial charge < -0.3 is 10.0 Å². The molecule has 1 aromatic rings. The summed E-state index contributed by atoms with van der Waals surface area (Å²) < 4.78 is 0. The highest BCUT2D eigenvalue weighted by atomic mass is 16.4. The third kappa shape index (κ3) is 1.29. The molecular weight excluding hydrogens is 204 g/mol. The van der Waals surface area contributed by atoms with Crippen LogP contribution in [0.1, 0.15) is 24.8 Å². The van der Waals surface area contributed by atoms with Gasteiger partial charge in [0.15, 0.2) is 0 Å². The van der Waals surface area contributed by atoms with Crippen molar-refractivity contribution in [2.45, 2.75) is 24.7 Å². The first-order chi connectivity index (χ1) is 7.72. The molecule has 0 amide bonds. The van der Waals surface area contributed by atoms with Gasteiger partial charge in [0.2, 0.25) is 0 Å². The molecule has 2 heterocycles. The van der Waals surface area contributed by atoms with Gasteiger partial charge in [-0.3, -0.25) is 4.79 Å². The summed E-state index contributed by atoms with van der Waals surface area (Å²) in [4.78, 5) is 17.7. The maximum absolute atomic E-state index is 11.1. The molecule has 1 aromatic heterocycles. The van der Waals surface area contributed by atoms with Crippen molar-refractivity contribution in [3.8, 4) is 0 Å². The molecule has 1 N–H and O–H groups in total. The number of carboxylic acids is 1. The van der Waals surface area contributed by atoms with Crippen molar-refractivity contribution in [2.24, 2.45) is 0 Å². The Kier molecular flexibility index (Phi) is 1.93. The quantitative estimate of drug-likeness (QED) is 0.833. The van der Waals surface area contributed by atoms with Crippen LogP contribution in [0.3, 0.4) is 0 Å². The van der Waals surface area contributed by atoms with Gasteiger partial charge in [0, 0.05) is 19.3 Å². The van der Waals surface area contributed by atoms with Crippen molar-refractivity contribution in [2.75, 3.05) is 18.0 Å². The average Bonchev–Trinajstić information content (AvgIpc) is 2.97. The molecule has 1 aliphatic carbocycles. The topological polar surface area (TPSA) is 53.4 Å². The van der Waals surface area contributed by atoms with Gasteiger partial charge in [0.25, 0.3) is 0 Å². The van der Waals surface area contributed by atoms with Crippen molar-refractivity contribution in [1.82, 2.24) is 4.98 Å². The zero-order chi connectivity index (χ0) is 11.2. The molecule has 2 fully saturated rings. The Bertz CT molecular complexity index is 419. The van der Waals surface area contributed by atoms with Gasteiger partial charge in [0.1, 0.15) is 5.82 Å². The van der Waals surface area contributed by atoms with E-state index in [1.54, 1.807) is 6.20 Å². The maximum Gasteiger partial charge on any atom is 0.314 e. The van der Waals surface area contributed by atoms with Crippen LogP contribution in [-0.2, 0) is 10.2 Å². The van der Waals surface area contributed by atoms with E-state index in [4.69, 9.17) is 5.11 Å². The third-order valence-corrected chi connectivity index (χ3v) is 3.64. The number of carbonyl (C=O) groups is 1. The Balaban J connectivity index is 1.85. The number of carboxylic acid groups (broad SMARTS) is 1. The van der Waals surface area contributed by atoms with Gasteiger partial charge in [-0.15, -0.1) is 0 Å². The Morgan fingerprint density at radius 2 is 2.12 bits per heavy atom. The molecule has 0 spiro atoms. The molecule has 3 rings (SSSR count). The van der Waals surface area contributed by atoms with Crippen molar-refractivity contribution >= 4 is 11.8 Å². The van der Waals surface area contributed by atoms with Gasteiger partial charge in [0.05, 0.1) is 5.41 Å². The minimum absolute atomic E-state index is 0.625. The lowest BCUT2D eigenvalue weighted by atomic mass is 9.98. The molecule has 0 unspecified atom stereocenters. The monoisotopic (exact) mass is 218 g/mol. The number of rotatable bonds is 3. The van der Waals surface area contributed by atoms with E-state index < -0.39 is 11.4 Å². The first-order valence-electron chi connectivity index (χ1n) is 5.67. The molecule has 16 heavy (non-hydrogen) atoms. The van der Waals surface area contributed by atoms with Gasteiger partial charge in [-0.1, -0.05) is 6.07 Å². The van der Waals surface area contributed by atoms with Crippen LogP contribution in [0.2, 0.25) is 0 Å². The number of aliphatic carboxylic acids is 1. The minimum Gasteiger partial charge on any atom is -0.481 e. The summed E-state index contributed by atoms with van der Waals surface area (Å²) >= 11 is 0. The molecule has 1 aliphatic heterocycles. The molecule has 0 atom stereocenters. The van der Waals surface area contributed by atoms with Gasteiger partial charge in [-0.25, -0.2) is 4.98 Å². The predicted molar refractivity (Wildman–Crippen MR) is 59.6 cm³/mol. The number of aromatic nitrogens is 1. The van der Waals surface area contributed by atoms with Crippen LogP contribution >= 0.6 is 0 Å². The smallest absolute Gasteiger partial charge is 0.314 e. The fourth-order valence-corrected chi connectivity index (χ4v) is 2.15. The Labute approximate surface area is 93.9 Å². The van der Waals surface area contributed by atoms with Gasteiger partial charge in [-0.2, -0.15) is 0 Å². The minimum atomic E-state index is -0.717. The van der Waals surface area contributed by atoms with Crippen LogP contribution in [0.15, 0.2) is 18.3 Å². The largest absolute Gasteiger partial charge is 0.481 e.